The number of aliphatic hydroxyl groups is 2. The summed E-state index contributed by atoms with van der Waals surface area (Å²) in [5.41, 5.74) is 0. The summed E-state index contributed by atoms with van der Waals surface area (Å²) in [5.74, 6) is -0.0694. The van der Waals surface area contributed by atoms with Crippen molar-refractivity contribution in [3.63, 3.8) is 0 Å². The highest BCUT2D eigenvalue weighted by molar-refractivity contribution is 5.76. The molecule has 0 aromatic heterocycles. The van der Waals surface area contributed by atoms with Gasteiger partial charge in [0.05, 0.1) is 18.8 Å². The Bertz CT molecular complexity index is 439. The third-order valence-corrected chi connectivity index (χ3v) is 6.52. The van der Waals surface area contributed by atoms with Crippen LogP contribution < -0.4 is 5.32 Å². The van der Waals surface area contributed by atoms with Crippen LogP contribution in [-0.2, 0) is 4.79 Å². The van der Waals surface area contributed by atoms with E-state index in [-0.39, 0.29) is 12.5 Å². The number of hydrogen-bond acceptors (Lipinski definition) is 3. The number of unbranched alkanes of at least 4 members (excludes halogenated alkanes) is 18. The van der Waals surface area contributed by atoms with E-state index in [4.69, 9.17) is 0 Å². The zero-order chi connectivity index (χ0) is 24.4. The van der Waals surface area contributed by atoms with E-state index in [1.807, 2.05) is 6.08 Å². The molecule has 0 saturated heterocycles. The van der Waals surface area contributed by atoms with E-state index in [9.17, 15) is 15.0 Å². The van der Waals surface area contributed by atoms with Crippen molar-refractivity contribution in [2.45, 2.75) is 161 Å². The molecule has 0 fully saturated rings. The van der Waals surface area contributed by atoms with Gasteiger partial charge in [-0.05, 0) is 19.3 Å². The second kappa shape index (κ2) is 25.7. The maximum atomic E-state index is 12.2. The van der Waals surface area contributed by atoms with Gasteiger partial charge in [0, 0.05) is 6.42 Å². The van der Waals surface area contributed by atoms with Crippen LogP contribution in [0.3, 0.4) is 0 Å². The molecule has 0 aliphatic heterocycles. The van der Waals surface area contributed by atoms with E-state index in [1.165, 1.54) is 103 Å². The minimum absolute atomic E-state index is 0.0694. The van der Waals surface area contributed by atoms with Crippen molar-refractivity contribution in [1.82, 2.24) is 5.32 Å². The maximum Gasteiger partial charge on any atom is 0.220 e. The van der Waals surface area contributed by atoms with Crippen LogP contribution in [-0.4, -0.2) is 34.9 Å². The van der Waals surface area contributed by atoms with Crippen molar-refractivity contribution in [3.8, 4) is 0 Å². The number of carbonyl (C=O) groups excluding carboxylic acids is 1. The molecule has 0 aliphatic rings. The summed E-state index contributed by atoms with van der Waals surface area (Å²) in [4.78, 5) is 12.2. The molecule has 0 radical (unpaired) electrons. The van der Waals surface area contributed by atoms with Gasteiger partial charge in [-0.15, -0.1) is 0 Å². The predicted molar refractivity (Wildman–Crippen MR) is 142 cm³/mol. The molecular weight excluding hydrogens is 410 g/mol. The number of carbonyl (C=O) groups is 1. The normalized spacial score (nSPS) is 13.5. The molecule has 0 spiro atoms. The van der Waals surface area contributed by atoms with Crippen LogP contribution in [0.5, 0.6) is 0 Å². The van der Waals surface area contributed by atoms with Gasteiger partial charge in [-0.2, -0.15) is 0 Å². The molecule has 0 aromatic rings. The molecule has 2 atom stereocenters. The van der Waals surface area contributed by atoms with Gasteiger partial charge in [0.15, 0.2) is 0 Å². The lowest BCUT2D eigenvalue weighted by molar-refractivity contribution is -0.123. The van der Waals surface area contributed by atoms with E-state index in [0.29, 0.717) is 6.42 Å². The Labute approximate surface area is 206 Å². The number of rotatable bonds is 25. The maximum absolute atomic E-state index is 12.2. The van der Waals surface area contributed by atoms with Crippen LogP contribution in [0.2, 0.25) is 0 Å². The van der Waals surface area contributed by atoms with Crippen molar-refractivity contribution in [2.75, 3.05) is 6.61 Å². The Morgan fingerprint density at radius 1 is 0.697 bits per heavy atom. The minimum atomic E-state index is -0.828. The smallest absolute Gasteiger partial charge is 0.220 e. The van der Waals surface area contributed by atoms with Gasteiger partial charge in [0.25, 0.3) is 0 Å². The van der Waals surface area contributed by atoms with Gasteiger partial charge >= 0.3 is 0 Å². The molecule has 0 aromatic carbocycles. The third-order valence-electron chi connectivity index (χ3n) is 6.52. The van der Waals surface area contributed by atoms with Gasteiger partial charge < -0.3 is 15.5 Å². The van der Waals surface area contributed by atoms with E-state index in [0.717, 1.165) is 25.7 Å². The fraction of sp³-hybridized carbons (Fsp3) is 0.897. The van der Waals surface area contributed by atoms with Gasteiger partial charge in [0.2, 0.25) is 5.91 Å². The monoisotopic (exact) mass is 467 g/mol. The van der Waals surface area contributed by atoms with Gasteiger partial charge in [-0.3, -0.25) is 4.79 Å². The Kier molecular flexibility index (Phi) is 25.1. The van der Waals surface area contributed by atoms with Gasteiger partial charge in [-0.1, -0.05) is 135 Å². The Hall–Kier alpha value is -0.870. The number of allylic oxidation sites excluding steroid dienone is 1. The third kappa shape index (κ3) is 22.7. The number of hydrogen-bond donors (Lipinski definition) is 3. The highest BCUT2D eigenvalue weighted by atomic mass is 16.3. The zero-order valence-electron chi connectivity index (χ0n) is 22.2. The van der Waals surface area contributed by atoms with Crippen LogP contribution in [0, 0.1) is 0 Å². The standard InChI is InChI=1S/C29H57NO3/c1-3-5-7-9-11-13-15-16-18-20-22-24-28(32)27(26-31)30-29(33)25-23-21-19-17-14-12-10-8-6-4-2/h22,24,27-28,31-32H,3-21,23,25-26H2,1-2H3,(H,30,33)/b24-22+/t27-,28+/m0/s1. The summed E-state index contributed by atoms with van der Waals surface area (Å²) in [5, 5.41) is 22.6. The van der Waals surface area contributed by atoms with E-state index in [1.54, 1.807) is 6.08 Å². The van der Waals surface area contributed by atoms with Crippen molar-refractivity contribution in [2.24, 2.45) is 0 Å². The average molecular weight is 468 g/mol. The first-order valence-corrected chi connectivity index (χ1v) is 14.4. The topological polar surface area (TPSA) is 69.6 Å². The molecule has 33 heavy (non-hydrogen) atoms. The zero-order valence-corrected chi connectivity index (χ0v) is 22.2. The number of nitrogens with one attached hydrogen (secondary N) is 1. The Morgan fingerprint density at radius 2 is 1.12 bits per heavy atom. The van der Waals surface area contributed by atoms with Crippen LogP contribution >= 0.6 is 0 Å². The van der Waals surface area contributed by atoms with E-state index in [2.05, 4.69) is 19.2 Å². The first kappa shape index (κ1) is 32.1. The van der Waals surface area contributed by atoms with Gasteiger partial charge in [-0.25, -0.2) is 0 Å². The van der Waals surface area contributed by atoms with Crippen LogP contribution in [0.15, 0.2) is 12.2 Å². The first-order chi connectivity index (χ1) is 16.2. The molecule has 4 nitrogen and oxygen atoms in total. The molecule has 0 bridgehead atoms. The molecule has 0 rings (SSSR count). The van der Waals surface area contributed by atoms with Gasteiger partial charge in [0.1, 0.15) is 0 Å². The highest BCUT2D eigenvalue weighted by Crippen LogP contribution is 2.12. The molecule has 1 amide bonds. The summed E-state index contributed by atoms with van der Waals surface area (Å²) in [6, 6.07) is -0.611. The minimum Gasteiger partial charge on any atom is -0.394 e. The average Bonchev–Trinajstić information content (AvgIpc) is 2.82. The Morgan fingerprint density at radius 3 is 1.58 bits per heavy atom. The lowest BCUT2D eigenvalue weighted by atomic mass is 10.1. The van der Waals surface area contributed by atoms with Crippen LogP contribution in [0.4, 0.5) is 0 Å². The summed E-state index contributed by atoms with van der Waals surface area (Å²) in [6.07, 6.45) is 28.5. The molecule has 3 N–H and O–H groups in total. The summed E-state index contributed by atoms with van der Waals surface area (Å²) in [6.45, 7) is 4.25. The van der Waals surface area contributed by atoms with E-state index < -0.39 is 12.1 Å². The molecule has 0 unspecified atom stereocenters. The summed E-state index contributed by atoms with van der Waals surface area (Å²) in [7, 11) is 0. The van der Waals surface area contributed by atoms with Crippen molar-refractivity contribution < 1.29 is 15.0 Å². The first-order valence-electron chi connectivity index (χ1n) is 14.4. The molecule has 0 saturated carbocycles. The lowest BCUT2D eigenvalue weighted by Gasteiger charge is -2.20. The lowest BCUT2D eigenvalue weighted by Crippen LogP contribution is -2.45. The summed E-state index contributed by atoms with van der Waals surface area (Å²) < 4.78 is 0. The van der Waals surface area contributed by atoms with Crippen molar-refractivity contribution in [3.05, 3.63) is 12.2 Å². The summed E-state index contributed by atoms with van der Waals surface area (Å²) >= 11 is 0. The molecule has 0 aliphatic carbocycles. The molecule has 196 valence electrons. The van der Waals surface area contributed by atoms with Crippen LogP contribution in [0.25, 0.3) is 0 Å². The molecule has 4 heteroatoms. The number of amides is 1. The van der Waals surface area contributed by atoms with Crippen molar-refractivity contribution in [1.29, 1.82) is 0 Å². The number of aliphatic hydroxyl groups excluding tert-OH is 2. The fourth-order valence-electron chi connectivity index (χ4n) is 4.23. The second-order valence-corrected chi connectivity index (χ2v) is 9.82. The second-order valence-electron chi connectivity index (χ2n) is 9.82. The molecular formula is C29H57NO3. The SMILES string of the molecule is CCCCCCCCCCC/C=C/[C@@H](O)[C@H](CO)NC(=O)CCCCCCCCCCCC. The molecule has 0 heterocycles. The predicted octanol–water partition coefficient (Wildman–Crippen LogP) is 7.61. The van der Waals surface area contributed by atoms with E-state index >= 15 is 0 Å². The quantitative estimate of drug-likeness (QED) is 0.0955. The highest BCUT2D eigenvalue weighted by Gasteiger charge is 2.17. The van der Waals surface area contributed by atoms with Crippen molar-refractivity contribution >= 4 is 5.91 Å². The fourth-order valence-corrected chi connectivity index (χ4v) is 4.23. The van der Waals surface area contributed by atoms with Crippen LogP contribution in [0.1, 0.15) is 149 Å². The Balaban J connectivity index is 3.70. The largest absolute Gasteiger partial charge is 0.394 e.